The molecule has 1 nitrogen and oxygen atoms in total. The second-order valence-corrected chi connectivity index (χ2v) is 4.40. The molecular weight excluding hydrogens is 208 g/mol. The lowest BCUT2D eigenvalue weighted by Crippen LogP contribution is -2.06. The molecule has 1 aromatic rings. The molecule has 0 radical (unpaired) electrons. The van der Waals surface area contributed by atoms with Gasteiger partial charge in [0.2, 0.25) is 0 Å². The van der Waals surface area contributed by atoms with Crippen LogP contribution in [0.1, 0.15) is 24.8 Å². The number of rotatable bonds is 7. The molecule has 1 atom stereocenters. The maximum absolute atomic E-state index is 6.04. The van der Waals surface area contributed by atoms with Gasteiger partial charge < -0.3 is 4.74 Å². The van der Waals surface area contributed by atoms with Gasteiger partial charge in [0.15, 0.2) is 0 Å². The molecule has 84 valence electrons. The molecule has 0 aliphatic heterocycles. The summed E-state index contributed by atoms with van der Waals surface area (Å²) in [7, 11) is 1.69. The van der Waals surface area contributed by atoms with Crippen LogP contribution in [-0.4, -0.2) is 19.1 Å². The molecule has 0 aromatic heterocycles. The van der Waals surface area contributed by atoms with Crippen molar-refractivity contribution in [2.45, 2.75) is 31.1 Å². The van der Waals surface area contributed by atoms with Gasteiger partial charge in [0.05, 0.1) is 12.0 Å². The van der Waals surface area contributed by atoms with Crippen LogP contribution in [0.25, 0.3) is 0 Å². The molecule has 1 rings (SSSR count). The predicted molar refractivity (Wildman–Crippen MR) is 65.5 cm³/mol. The van der Waals surface area contributed by atoms with E-state index in [-0.39, 0.29) is 5.38 Å². The molecular formula is C13H19ClO. The number of hydrogen-bond acceptors (Lipinski definition) is 1. The molecule has 0 heterocycles. The van der Waals surface area contributed by atoms with Crippen molar-refractivity contribution in [3.63, 3.8) is 0 Å². The topological polar surface area (TPSA) is 9.23 Å². The number of methoxy groups -OCH3 is 1. The van der Waals surface area contributed by atoms with Crippen LogP contribution in [0.3, 0.4) is 0 Å². The lowest BCUT2D eigenvalue weighted by Gasteiger charge is -2.07. The Kier molecular flexibility index (Phi) is 6.45. The van der Waals surface area contributed by atoms with E-state index in [1.54, 1.807) is 7.11 Å². The predicted octanol–water partition coefficient (Wildman–Crippen LogP) is 3.65. The first-order chi connectivity index (χ1) is 7.33. The zero-order chi connectivity index (χ0) is 10.9. The number of alkyl halides is 1. The van der Waals surface area contributed by atoms with Crippen LogP contribution < -0.4 is 0 Å². The highest BCUT2D eigenvalue weighted by Crippen LogP contribution is 2.11. The van der Waals surface area contributed by atoms with Gasteiger partial charge in [-0.15, -0.1) is 11.6 Å². The van der Waals surface area contributed by atoms with E-state index in [2.05, 4.69) is 30.3 Å². The van der Waals surface area contributed by atoms with E-state index < -0.39 is 0 Å². The summed E-state index contributed by atoms with van der Waals surface area (Å²) in [6, 6.07) is 10.6. The minimum absolute atomic E-state index is 0.172. The van der Waals surface area contributed by atoms with Crippen molar-refractivity contribution in [2.24, 2.45) is 0 Å². The maximum Gasteiger partial charge on any atom is 0.0626 e. The van der Waals surface area contributed by atoms with E-state index in [0.29, 0.717) is 6.61 Å². The van der Waals surface area contributed by atoms with E-state index in [0.717, 1.165) is 12.8 Å². The maximum atomic E-state index is 6.04. The molecule has 0 aliphatic rings. The van der Waals surface area contributed by atoms with Gasteiger partial charge in [0.1, 0.15) is 0 Å². The first-order valence-corrected chi connectivity index (χ1v) is 5.93. The van der Waals surface area contributed by atoms with Gasteiger partial charge >= 0.3 is 0 Å². The van der Waals surface area contributed by atoms with E-state index in [1.165, 1.54) is 18.4 Å². The van der Waals surface area contributed by atoms with Crippen LogP contribution in [0.4, 0.5) is 0 Å². The monoisotopic (exact) mass is 226 g/mol. The van der Waals surface area contributed by atoms with Crippen molar-refractivity contribution in [1.82, 2.24) is 0 Å². The van der Waals surface area contributed by atoms with Gasteiger partial charge in [-0.05, 0) is 24.8 Å². The van der Waals surface area contributed by atoms with Crippen LogP contribution in [0.15, 0.2) is 30.3 Å². The van der Waals surface area contributed by atoms with E-state index in [4.69, 9.17) is 16.3 Å². The second kappa shape index (κ2) is 7.72. The SMILES string of the molecule is COCC(Cl)CCCCc1ccccc1. The number of hydrogen-bond donors (Lipinski definition) is 0. The number of benzene rings is 1. The molecule has 1 aromatic carbocycles. The minimum Gasteiger partial charge on any atom is -0.383 e. The van der Waals surface area contributed by atoms with Crippen molar-refractivity contribution in [1.29, 1.82) is 0 Å². The molecule has 0 fully saturated rings. The zero-order valence-corrected chi connectivity index (χ0v) is 10.0. The van der Waals surface area contributed by atoms with Crippen molar-refractivity contribution in [3.8, 4) is 0 Å². The summed E-state index contributed by atoms with van der Waals surface area (Å²) < 4.78 is 4.99. The molecule has 15 heavy (non-hydrogen) atoms. The summed E-state index contributed by atoms with van der Waals surface area (Å²) in [6.07, 6.45) is 4.57. The molecule has 0 N–H and O–H groups in total. The van der Waals surface area contributed by atoms with Gasteiger partial charge in [-0.25, -0.2) is 0 Å². The molecule has 0 aliphatic carbocycles. The first kappa shape index (κ1) is 12.5. The van der Waals surface area contributed by atoms with Crippen LogP contribution in [0, 0.1) is 0 Å². The fourth-order valence-corrected chi connectivity index (χ4v) is 1.88. The lowest BCUT2D eigenvalue weighted by atomic mass is 10.1. The summed E-state index contributed by atoms with van der Waals surface area (Å²) in [4.78, 5) is 0. The third kappa shape index (κ3) is 5.81. The van der Waals surface area contributed by atoms with Gasteiger partial charge in [0.25, 0.3) is 0 Å². The number of halogens is 1. The van der Waals surface area contributed by atoms with E-state index >= 15 is 0 Å². The lowest BCUT2D eigenvalue weighted by molar-refractivity contribution is 0.194. The summed E-state index contributed by atoms with van der Waals surface area (Å²) in [5, 5.41) is 0.172. The summed E-state index contributed by atoms with van der Waals surface area (Å²) in [6.45, 7) is 0.660. The molecule has 0 spiro atoms. The molecule has 0 amide bonds. The summed E-state index contributed by atoms with van der Waals surface area (Å²) in [5.74, 6) is 0. The third-order valence-electron chi connectivity index (χ3n) is 2.42. The van der Waals surface area contributed by atoms with Crippen molar-refractivity contribution in [2.75, 3.05) is 13.7 Å². The quantitative estimate of drug-likeness (QED) is 0.510. The molecule has 0 saturated heterocycles. The Hall–Kier alpha value is -0.530. The fraction of sp³-hybridized carbons (Fsp3) is 0.538. The van der Waals surface area contributed by atoms with Gasteiger partial charge in [0, 0.05) is 7.11 Å². The van der Waals surface area contributed by atoms with E-state index in [1.807, 2.05) is 0 Å². The smallest absolute Gasteiger partial charge is 0.0626 e. The highest BCUT2D eigenvalue weighted by atomic mass is 35.5. The summed E-state index contributed by atoms with van der Waals surface area (Å²) in [5.41, 5.74) is 1.41. The average molecular weight is 227 g/mol. The Morgan fingerprint density at radius 1 is 1.20 bits per heavy atom. The number of aryl methyl sites for hydroxylation is 1. The van der Waals surface area contributed by atoms with Crippen LogP contribution in [0.5, 0.6) is 0 Å². The Morgan fingerprint density at radius 2 is 1.93 bits per heavy atom. The zero-order valence-electron chi connectivity index (χ0n) is 9.29. The Morgan fingerprint density at radius 3 is 2.60 bits per heavy atom. The molecule has 1 unspecified atom stereocenters. The van der Waals surface area contributed by atoms with Crippen molar-refractivity contribution in [3.05, 3.63) is 35.9 Å². The van der Waals surface area contributed by atoms with Gasteiger partial charge in [-0.3, -0.25) is 0 Å². The normalized spacial score (nSPS) is 12.7. The van der Waals surface area contributed by atoms with Crippen LogP contribution in [-0.2, 0) is 11.2 Å². The van der Waals surface area contributed by atoms with Gasteiger partial charge in [-0.2, -0.15) is 0 Å². The number of ether oxygens (including phenoxy) is 1. The second-order valence-electron chi connectivity index (χ2n) is 3.78. The average Bonchev–Trinajstić information content (AvgIpc) is 2.26. The fourth-order valence-electron chi connectivity index (χ4n) is 1.60. The van der Waals surface area contributed by atoms with Crippen LogP contribution >= 0.6 is 11.6 Å². The molecule has 0 bridgehead atoms. The largest absolute Gasteiger partial charge is 0.383 e. The van der Waals surface area contributed by atoms with E-state index in [9.17, 15) is 0 Å². The van der Waals surface area contributed by atoms with Gasteiger partial charge in [-0.1, -0.05) is 36.8 Å². The Bertz CT molecular complexity index is 248. The third-order valence-corrected chi connectivity index (χ3v) is 2.77. The van der Waals surface area contributed by atoms with Crippen LogP contribution in [0.2, 0.25) is 0 Å². The minimum atomic E-state index is 0.172. The first-order valence-electron chi connectivity index (χ1n) is 5.50. The Balaban J connectivity index is 2.07. The summed E-state index contributed by atoms with van der Waals surface area (Å²) >= 11 is 6.04. The highest BCUT2D eigenvalue weighted by molar-refractivity contribution is 6.20. The number of unbranched alkanes of at least 4 members (excludes halogenated alkanes) is 1. The molecule has 0 saturated carbocycles. The molecule has 2 heteroatoms. The standard InChI is InChI=1S/C13H19ClO/c1-15-11-13(14)10-6-5-9-12-7-3-2-4-8-12/h2-4,7-8,13H,5-6,9-11H2,1H3. The Labute approximate surface area is 97.4 Å². The van der Waals surface area contributed by atoms with Crippen molar-refractivity contribution < 1.29 is 4.74 Å². The van der Waals surface area contributed by atoms with Crippen molar-refractivity contribution >= 4 is 11.6 Å². The highest BCUT2D eigenvalue weighted by Gasteiger charge is 2.02.